The fraction of sp³-hybridized carbons (Fsp3) is 0.704. The first kappa shape index (κ1) is 22.0. The highest BCUT2D eigenvalue weighted by molar-refractivity contribution is 5.38. The molecule has 0 amide bonds. The van der Waals surface area contributed by atoms with Crippen molar-refractivity contribution in [3.05, 3.63) is 47.6 Å². The molecule has 4 aliphatic rings. The van der Waals surface area contributed by atoms with Crippen molar-refractivity contribution in [2.24, 2.45) is 29.1 Å². The van der Waals surface area contributed by atoms with Gasteiger partial charge in [0.25, 0.3) is 0 Å². The van der Waals surface area contributed by atoms with E-state index in [0.717, 1.165) is 17.6 Å². The highest BCUT2D eigenvalue weighted by Gasteiger charge is 2.50. The third kappa shape index (κ3) is 4.40. The minimum atomic E-state index is -0.621. The maximum Gasteiger partial charge on any atom is 0.0811 e. The Morgan fingerprint density at radius 2 is 1.87 bits per heavy atom. The van der Waals surface area contributed by atoms with E-state index in [2.05, 4.69) is 44.7 Å². The van der Waals surface area contributed by atoms with Gasteiger partial charge in [-0.15, -0.1) is 0 Å². The summed E-state index contributed by atoms with van der Waals surface area (Å²) in [5.41, 5.74) is 3.63. The summed E-state index contributed by atoms with van der Waals surface area (Å²) in [6, 6.07) is 0. The number of aliphatic hydroxyl groups excluding tert-OH is 3. The number of hydrogen-bond donors (Lipinski definition) is 3. The van der Waals surface area contributed by atoms with E-state index in [-0.39, 0.29) is 6.10 Å². The Bertz CT molecular complexity index is 743. The van der Waals surface area contributed by atoms with Gasteiger partial charge in [-0.2, -0.15) is 0 Å². The highest BCUT2D eigenvalue weighted by Crippen LogP contribution is 2.59. The van der Waals surface area contributed by atoms with Gasteiger partial charge in [-0.25, -0.2) is 0 Å². The summed E-state index contributed by atoms with van der Waals surface area (Å²) in [5, 5.41) is 30.4. The van der Waals surface area contributed by atoms with Crippen LogP contribution in [0.5, 0.6) is 0 Å². The zero-order valence-corrected chi connectivity index (χ0v) is 18.8. The molecule has 0 bridgehead atoms. The summed E-state index contributed by atoms with van der Waals surface area (Å²) in [7, 11) is 0. The maximum absolute atomic E-state index is 10.2. The molecule has 4 rings (SSSR count). The van der Waals surface area contributed by atoms with E-state index in [9.17, 15) is 15.3 Å². The fourth-order valence-electron chi connectivity index (χ4n) is 6.63. The number of hydrogen-bond acceptors (Lipinski definition) is 3. The largest absolute Gasteiger partial charge is 0.393 e. The lowest BCUT2D eigenvalue weighted by molar-refractivity contribution is 0.0862. The van der Waals surface area contributed by atoms with Gasteiger partial charge in [0.15, 0.2) is 0 Å². The summed E-state index contributed by atoms with van der Waals surface area (Å²) in [6.07, 6.45) is 16.9. The highest BCUT2D eigenvalue weighted by atomic mass is 16.3. The predicted octanol–water partition coefficient (Wildman–Crippen LogP) is 5.09. The second-order valence-corrected chi connectivity index (χ2v) is 10.7. The number of rotatable bonds is 5. The molecule has 3 nitrogen and oxygen atoms in total. The summed E-state index contributed by atoms with van der Waals surface area (Å²) >= 11 is 0. The first-order valence-corrected chi connectivity index (χ1v) is 12.1. The topological polar surface area (TPSA) is 60.7 Å². The van der Waals surface area contributed by atoms with Crippen LogP contribution in [0.2, 0.25) is 0 Å². The molecule has 3 heteroatoms. The summed E-state index contributed by atoms with van der Waals surface area (Å²) in [6.45, 7) is 8.88. The number of allylic oxidation sites excluding steroid dienone is 4. The molecule has 0 aliphatic heterocycles. The van der Waals surface area contributed by atoms with Crippen molar-refractivity contribution < 1.29 is 15.3 Å². The van der Waals surface area contributed by atoms with E-state index >= 15 is 0 Å². The van der Waals surface area contributed by atoms with Gasteiger partial charge < -0.3 is 15.3 Å². The Morgan fingerprint density at radius 1 is 1.10 bits per heavy atom. The maximum atomic E-state index is 10.2. The molecule has 0 aromatic heterocycles. The standard InChI is InChI=1S/C27H40O3/c1-17(6-13-25(29)20-8-9-20)23-11-12-24-19(5-4-14-27(23,24)3)7-10-21-15-22(28)16-26(30)18(21)2/h6-7,10,13,17,20,22-26,28-30H,2,4-5,8-9,11-12,14-16H2,1,3H3/b13-6+,19-7+,21-10?/t17-,22-,23-,24+,25-,26+,27-/m1/s1. The van der Waals surface area contributed by atoms with E-state index in [1.54, 1.807) is 0 Å². The molecule has 7 atom stereocenters. The zero-order valence-electron chi connectivity index (χ0n) is 18.8. The third-order valence-corrected chi connectivity index (χ3v) is 8.65. The van der Waals surface area contributed by atoms with Gasteiger partial charge in [-0.3, -0.25) is 0 Å². The predicted molar refractivity (Wildman–Crippen MR) is 122 cm³/mol. The zero-order chi connectivity index (χ0) is 21.5. The molecular formula is C27H40O3. The fourth-order valence-corrected chi connectivity index (χ4v) is 6.63. The molecule has 30 heavy (non-hydrogen) atoms. The van der Waals surface area contributed by atoms with Gasteiger partial charge in [-0.05, 0) is 91.6 Å². The second-order valence-electron chi connectivity index (χ2n) is 10.7. The second kappa shape index (κ2) is 8.76. The molecule has 166 valence electrons. The van der Waals surface area contributed by atoms with Crippen molar-refractivity contribution in [3.8, 4) is 0 Å². The van der Waals surface area contributed by atoms with Crippen LogP contribution in [0.4, 0.5) is 0 Å². The van der Waals surface area contributed by atoms with Crippen molar-refractivity contribution in [1.29, 1.82) is 0 Å². The molecule has 4 fully saturated rings. The Morgan fingerprint density at radius 3 is 2.60 bits per heavy atom. The molecule has 3 N–H and O–H groups in total. The molecule has 0 aromatic carbocycles. The monoisotopic (exact) mass is 412 g/mol. The van der Waals surface area contributed by atoms with Crippen LogP contribution in [0.1, 0.15) is 71.6 Å². The molecule has 0 aromatic rings. The van der Waals surface area contributed by atoms with E-state index in [1.807, 2.05) is 0 Å². The van der Waals surface area contributed by atoms with Gasteiger partial charge >= 0.3 is 0 Å². The summed E-state index contributed by atoms with van der Waals surface area (Å²) in [5.74, 6) is 2.28. The van der Waals surface area contributed by atoms with Crippen LogP contribution in [-0.4, -0.2) is 33.6 Å². The van der Waals surface area contributed by atoms with Crippen LogP contribution in [0, 0.1) is 29.1 Å². The molecule has 4 aliphatic carbocycles. The van der Waals surface area contributed by atoms with Gasteiger partial charge in [0.1, 0.15) is 0 Å². The average Bonchev–Trinajstić information content (AvgIpc) is 3.49. The van der Waals surface area contributed by atoms with Crippen molar-refractivity contribution in [2.75, 3.05) is 0 Å². The lowest BCUT2D eigenvalue weighted by atomic mass is 9.61. The number of fused-ring (bicyclic) bond motifs is 1. The lowest BCUT2D eigenvalue weighted by Gasteiger charge is -2.44. The van der Waals surface area contributed by atoms with Gasteiger partial charge in [-0.1, -0.05) is 50.3 Å². The van der Waals surface area contributed by atoms with Crippen LogP contribution >= 0.6 is 0 Å². The van der Waals surface area contributed by atoms with Crippen LogP contribution in [0.15, 0.2) is 47.6 Å². The minimum absolute atomic E-state index is 0.250. The van der Waals surface area contributed by atoms with Crippen LogP contribution in [-0.2, 0) is 0 Å². The van der Waals surface area contributed by atoms with Crippen molar-refractivity contribution in [2.45, 2.75) is 89.9 Å². The Balaban J connectivity index is 1.48. The summed E-state index contributed by atoms with van der Waals surface area (Å²) < 4.78 is 0. The van der Waals surface area contributed by atoms with Crippen LogP contribution in [0.3, 0.4) is 0 Å². The molecule has 4 saturated carbocycles. The van der Waals surface area contributed by atoms with Crippen molar-refractivity contribution >= 4 is 0 Å². The quantitative estimate of drug-likeness (QED) is 0.551. The van der Waals surface area contributed by atoms with Gasteiger partial charge in [0.2, 0.25) is 0 Å². The molecular weight excluding hydrogens is 372 g/mol. The molecule has 0 radical (unpaired) electrons. The van der Waals surface area contributed by atoms with Crippen LogP contribution < -0.4 is 0 Å². The first-order chi connectivity index (χ1) is 14.3. The molecule has 0 unspecified atom stereocenters. The van der Waals surface area contributed by atoms with Crippen LogP contribution in [0.25, 0.3) is 0 Å². The Kier molecular flexibility index (Phi) is 6.44. The van der Waals surface area contributed by atoms with Gasteiger partial charge in [0, 0.05) is 6.42 Å². The Labute approximate surface area is 182 Å². The molecule has 0 saturated heterocycles. The number of aliphatic hydroxyl groups is 3. The van der Waals surface area contributed by atoms with Crippen molar-refractivity contribution in [1.82, 2.24) is 0 Å². The molecule has 0 spiro atoms. The molecule has 0 heterocycles. The van der Waals surface area contributed by atoms with Gasteiger partial charge in [0.05, 0.1) is 18.3 Å². The average molecular weight is 413 g/mol. The lowest BCUT2D eigenvalue weighted by Crippen LogP contribution is -2.35. The van der Waals surface area contributed by atoms with E-state index < -0.39 is 12.2 Å². The normalized spacial score (nSPS) is 42.1. The smallest absolute Gasteiger partial charge is 0.0811 e. The Hall–Kier alpha value is -1.16. The third-order valence-electron chi connectivity index (χ3n) is 8.65. The van der Waals surface area contributed by atoms with Crippen molar-refractivity contribution in [3.63, 3.8) is 0 Å². The minimum Gasteiger partial charge on any atom is -0.393 e. The van der Waals surface area contributed by atoms with E-state index in [0.29, 0.717) is 41.9 Å². The van der Waals surface area contributed by atoms with E-state index in [4.69, 9.17) is 0 Å². The van der Waals surface area contributed by atoms with E-state index in [1.165, 1.54) is 44.1 Å². The first-order valence-electron chi connectivity index (χ1n) is 12.1. The SMILES string of the molecule is C=C1C(=C/C=C2\CCC[C@]3(C)[C@@H]([C@H](C)/C=C/[C@@H](O)C4CC4)CC[C@@H]23)C[C@@H](O)C[C@@H]1O. The summed E-state index contributed by atoms with van der Waals surface area (Å²) in [4.78, 5) is 0.